The van der Waals surface area contributed by atoms with E-state index in [2.05, 4.69) is 20.9 Å². The van der Waals surface area contributed by atoms with Gasteiger partial charge in [-0.25, -0.2) is 4.98 Å². The van der Waals surface area contributed by atoms with Crippen LogP contribution in [0.25, 0.3) is 11.0 Å². The lowest BCUT2D eigenvalue weighted by molar-refractivity contribution is -0.128. The van der Waals surface area contributed by atoms with Gasteiger partial charge >= 0.3 is 0 Å². The fourth-order valence-electron chi connectivity index (χ4n) is 5.59. The number of phenols is 1. The van der Waals surface area contributed by atoms with E-state index in [4.69, 9.17) is 23.2 Å². The third kappa shape index (κ3) is 5.04. The summed E-state index contributed by atoms with van der Waals surface area (Å²) in [5.41, 5.74) is 2.02. The Labute approximate surface area is 232 Å². The van der Waals surface area contributed by atoms with E-state index in [-0.39, 0.29) is 35.7 Å². The highest BCUT2D eigenvalue weighted by Crippen LogP contribution is 2.44. The Hall–Kier alpha value is -2.97. The number of rotatable bonds is 6. The molecule has 10 heteroatoms. The first-order chi connectivity index (χ1) is 17.9. The van der Waals surface area contributed by atoms with Crippen LogP contribution in [0.4, 0.5) is 11.6 Å². The number of nitrogens with zero attached hydrogens (tertiary/aromatic N) is 2. The third-order valence-corrected chi connectivity index (χ3v) is 8.57. The van der Waals surface area contributed by atoms with Crippen LogP contribution in [0.3, 0.4) is 0 Å². The molecule has 202 valence electrons. The van der Waals surface area contributed by atoms with Gasteiger partial charge in [0.2, 0.25) is 11.9 Å². The summed E-state index contributed by atoms with van der Waals surface area (Å²) in [6.07, 6.45) is 4.60. The Bertz CT molecular complexity index is 1430. The number of hydrogen-bond donors (Lipinski definition) is 4. The van der Waals surface area contributed by atoms with E-state index >= 15 is 0 Å². The number of aromatic nitrogens is 2. The summed E-state index contributed by atoms with van der Waals surface area (Å²) in [6.45, 7) is 5.78. The van der Waals surface area contributed by atoms with Crippen LogP contribution < -0.4 is 16.0 Å². The van der Waals surface area contributed by atoms with Gasteiger partial charge in [-0.2, -0.15) is 0 Å². The van der Waals surface area contributed by atoms with E-state index < -0.39 is 5.41 Å². The summed E-state index contributed by atoms with van der Waals surface area (Å²) in [6, 6.07) is 6.81. The summed E-state index contributed by atoms with van der Waals surface area (Å²) in [5, 5.41) is 20.7. The van der Waals surface area contributed by atoms with Crippen molar-refractivity contribution >= 4 is 57.7 Å². The van der Waals surface area contributed by atoms with Crippen molar-refractivity contribution in [3.63, 3.8) is 0 Å². The SMILES string of the molecule is Cn1c(Nc2c(Cl)ccc(CNC(=O)C(C)(C)C)c2Cl)nc2cc(C(=O)NC3CC4CCC3C4)c(O)cc21. The molecule has 8 nitrogen and oxygen atoms in total. The quantitative estimate of drug-likeness (QED) is 0.301. The van der Waals surface area contributed by atoms with Crippen molar-refractivity contribution in [2.45, 2.75) is 59.0 Å². The minimum absolute atomic E-state index is 0.0894. The van der Waals surface area contributed by atoms with Crippen LogP contribution in [0, 0.1) is 17.3 Å². The summed E-state index contributed by atoms with van der Waals surface area (Å²) in [4.78, 5) is 30.0. The summed E-state index contributed by atoms with van der Waals surface area (Å²) < 4.78 is 1.76. The van der Waals surface area contributed by atoms with Gasteiger partial charge in [0.1, 0.15) is 5.75 Å². The van der Waals surface area contributed by atoms with E-state index in [0.29, 0.717) is 50.1 Å². The summed E-state index contributed by atoms with van der Waals surface area (Å²) in [7, 11) is 1.79. The molecule has 3 aromatic rings. The molecule has 2 aromatic carbocycles. The van der Waals surface area contributed by atoms with Crippen LogP contribution in [0.5, 0.6) is 5.75 Å². The Morgan fingerprint density at radius 2 is 1.92 bits per heavy atom. The van der Waals surface area contributed by atoms with Crippen molar-refractivity contribution in [2.24, 2.45) is 24.3 Å². The van der Waals surface area contributed by atoms with Crippen molar-refractivity contribution in [3.05, 3.63) is 45.4 Å². The number of fused-ring (bicyclic) bond motifs is 3. The molecule has 2 fully saturated rings. The van der Waals surface area contributed by atoms with Gasteiger partial charge in [-0.1, -0.05) is 56.5 Å². The lowest BCUT2D eigenvalue weighted by atomic mass is 9.95. The zero-order valence-electron chi connectivity index (χ0n) is 22.0. The van der Waals surface area contributed by atoms with Gasteiger partial charge in [0.05, 0.1) is 32.3 Å². The maximum absolute atomic E-state index is 13.0. The van der Waals surface area contributed by atoms with Crippen molar-refractivity contribution in [1.82, 2.24) is 20.2 Å². The highest BCUT2D eigenvalue weighted by atomic mass is 35.5. The average molecular weight is 559 g/mol. The molecule has 1 aromatic heterocycles. The zero-order valence-corrected chi connectivity index (χ0v) is 23.5. The second kappa shape index (κ2) is 9.97. The van der Waals surface area contributed by atoms with E-state index in [1.54, 1.807) is 35.9 Å². The highest BCUT2D eigenvalue weighted by Gasteiger charge is 2.40. The van der Waals surface area contributed by atoms with Crippen LogP contribution >= 0.6 is 23.2 Å². The molecule has 3 atom stereocenters. The fourth-order valence-corrected chi connectivity index (χ4v) is 6.12. The predicted octanol–water partition coefficient (Wildman–Crippen LogP) is 5.91. The second-order valence-electron chi connectivity index (χ2n) is 11.6. The molecule has 38 heavy (non-hydrogen) atoms. The van der Waals surface area contributed by atoms with Crippen LogP contribution in [0.15, 0.2) is 24.3 Å². The molecular weight excluding hydrogens is 525 g/mol. The number of benzene rings is 2. The number of aromatic hydroxyl groups is 1. The molecule has 1 heterocycles. The number of phenolic OH excluding ortho intramolecular Hbond substituents is 1. The van der Waals surface area contributed by atoms with Crippen molar-refractivity contribution in [3.8, 4) is 5.75 Å². The molecule has 0 aliphatic heterocycles. The number of imidazole rings is 1. The van der Waals surface area contributed by atoms with Gasteiger partial charge in [0.25, 0.3) is 5.91 Å². The minimum atomic E-state index is -0.523. The molecule has 2 saturated carbocycles. The van der Waals surface area contributed by atoms with E-state index in [0.717, 1.165) is 12.8 Å². The number of hydrogen-bond acceptors (Lipinski definition) is 5. The molecule has 2 aliphatic rings. The number of nitrogens with one attached hydrogen (secondary N) is 3. The number of carbonyl (C=O) groups is 2. The number of amides is 2. The number of anilines is 2. The third-order valence-electron chi connectivity index (χ3n) is 7.83. The molecular formula is C28H33Cl2N5O3. The first-order valence-electron chi connectivity index (χ1n) is 12.9. The van der Waals surface area contributed by atoms with Gasteiger partial charge in [-0.15, -0.1) is 0 Å². The molecule has 3 unspecified atom stereocenters. The molecule has 0 spiro atoms. The van der Waals surface area contributed by atoms with Gasteiger partial charge in [-0.05, 0) is 48.8 Å². The molecule has 5 rings (SSSR count). The van der Waals surface area contributed by atoms with Crippen LogP contribution in [0.1, 0.15) is 62.4 Å². The van der Waals surface area contributed by atoms with E-state index in [1.807, 2.05) is 20.8 Å². The molecule has 2 bridgehead atoms. The number of aryl methyl sites for hydroxylation is 1. The van der Waals surface area contributed by atoms with Crippen LogP contribution in [-0.4, -0.2) is 32.5 Å². The molecule has 0 saturated heterocycles. The Kier molecular flexibility index (Phi) is 6.99. The van der Waals surface area contributed by atoms with Gasteiger partial charge in [-0.3, -0.25) is 9.59 Å². The van der Waals surface area contributed by atoms with Crippen molar-refractivity contribution in [1.29, 1.82) is 0 Å². The van der Waals surface area contributed by atoms with Gasteiger partial charge < -0.3 is 25.6 Å². The number of carbonyl (C=O) groups excluding carboxylic acids is 2. The van der Waals surface area contributed by atoms with Crippen molar-refractivity contribution in [2.75, 3.05) is 5.32 Å². The molecule has 2 aliphatic carbocycles. The van der Waals surface area contributed by atoms with Crippen molar-refractivity contribution < 1.29 is 14.7 Å². The van der Waals surface area contributed by atoms with Gasteiger partial charge in [0, 0.05) is 31.1 Å². The maximum Gasteiger partial charge on any atom is 0.255 e. The highest BCUT2D eigenvalue weighted by molar-refractivity contribution is 6.39. The predicted molar refractivity (Wildman–Crippen MR) is 150 cm³/mol. The Balaban J connectivity index is 1.38. The van der Waals surface area contributed by atoms with Crippen LogP contribution in [-0.2, 0) is 18.4 Å². The number of halogens is 2. The first-order valence-corrected chi connectivity index (χ1v) is 13.7. The standard InChI is InChI=1S/C28H33Cl2N5O3/c1-28(2,3)26(38)31-13-16-7-8-18(29)24(23(16)30)34-27-33-20-11-17(22(36)12-21(20)35(27)4)25(37)32-19-10-14-5-6-15(19)9-14/h7-8,11-12,14-15,19,36H,5-6,9-10,13H2,1-4H3,(H,31,38)(H,32,37)(H,33,34). The maximum atomic E-state index is 13.0. The molecule has 4 N–H and O–H groups in total. The molecule has 0 radical (unpaired) electrons. The Morgan fingerprint density at radius 1 is 1.16 bits per heavy atom. The largest absolute Gasteiger partial charge is 0.507 e. The molecule has 2 amide bonds. The second-order valence-corrected chi connectivity index (χ2v) is 12.3. The normalized spacial score (nSPS) is 20.6. The summed E-state index contributed by atoms with van der Waals surface area (Å²) in [5.74, 6) is 1.21. The lowest BCUT2D eigenvalue weighted by Crippen LogP contribution is -2.38. The average Bonchev–Trinajstić information content (AvgIpc) is 3.55. The summed E-state index contributed by atoms with van der Waals surface area (Å²) >= 11 is 13.2. The lowest BCUT2D eigenvalue weighted by Gasteiger charge is -2.23. The van der Waals surface area contributed by atoms with Gasteiger partial charge in [0.15, 0.2) is 0 Å². The zero-order chi connectivity index (χ0) is 27.4. The topological polar surface area (TPSA) is 108 Å². The van der Waals surface area contributed by atoms with E-state index in [9.17, 15) is 14.7 Å². The fraction of sp³-hybridized carbons (Fsp3) is 0.464. The Morgan fingerprint density at radius 3 is 2.58 bits per heavy atom. The smallest absolute Gasteiger partial charge is 0.255 e. The first kappa shape index (κ1) is 26.6. The van der Waals surface area contributed by atoms with E-state index in [1.165, 1.54) is 12.8 Å². The monoisotopic (exact) mass is 557 g/mol. The minimum Gasteiger partial charge on any atom is -0.507 e. The van der Waals surface area contributed by atoms with Crippen LogP contribution in [0.2, 0.25) is 10.0 Å².